The van der Waals surface area contributed by atoms with Crippen molar-refractivity contribution in [2.45, 2.75) is 95.6 Å². The molecule has 0 aliphatic carbocycles. The highest BCUT2D eigenvalue weighted by atomic mass is 35.5. The molecule has 52 heavy (non-hydrogen) atoms. The lowest BCUT2D eigenvalue weighted by Crippen LogP contribution is -2.59. The number of amides is 7. The molecule has 1 aromatic heterocycles. The summed E-state index contributed by atoms with van der Waals surface area (Å²) < 4.78 is 5.85. The Morgan fingerprint density at radius 3 is 2.25 bits per heavy atom. The molecular weight excluding hydrogens is 698 g/mol. The first-order chi connectivity index (χ1) is 24.4. The summed E-state index contributed by atoms with van der Waals surface area (Å²) in [6, 6.07) is 1.11. The normalized spacial score (nSPS) is 16.5. The predicted octanol–water partition coefficient (Wildman–Crippen LogP) is -0.736. The third-order valence-corrected chi connectivity index (χ3v) is 8.59. The van der Waals surface area contributed by atoms with Crippen LogP contribution in [0.25, 0.3) is 0 Å². The summed E-state index contributed by atoms with van der Waals surface area (Å²) in [5.41, 5.74) is 11.8. The van der Waals surface area contributed by atoms with Crippen LogP contribution in [0.5, 0.6) is 5.75 Å². The minimum atomic E-state index is -1.47. The van der Waals surface area contributed by atoms with Crippen molar-refractivity contribution in [2.75, 3.05) is 19.5 Å². The predicted molar refractivity (Wildman–Crippen MR) is 189 cm³/mol. The number of primary amides is 2. The van der Waals surface area contributed by atoms with Crippen molar-refractivity contribution in [2.24, 2.45) is 11.5 Å². The first kappa shape index (κ1) is 41.2. The minimum Gasteiger partial charge on any atom is -0.488 e. The maximum atomic E-state index is 13.8. The number of ether oxygens (including phenoxy) is 1. The maximum Gasteiger partial charge on any atom is 0.246 e. The van der Waals surface area contributed by atoms with Crippen molar-refractivity contribution in [3.63, 3.8) is 0 Å². The molecule has 8 N–H and O–H groups in total. The lowest BCUT2D eigenvalue weighted by atomic mass is 10.0. The van der Waals surface area contributed by atoms with E-state index in [9.17, 15) is 33.6 Å². The average Bonchev–Trinajstić information content (AvgIpc) is 3.78. The number of nitrogens with one attached hydrogen (secondary N) is 4. The standard InChI is InChI=1S/C34H48ClN9O8/c1-19(43(5)32(50)24(40-28(46)16-35)13-20-8-10-22(11-9-20)52-34(2,3)4)30(48)42-25(15-27(36)45)33(51)44-12-6-7-26(44)31(49)41-23(29(37)47)14-21-17-38-18-39-21/h8-11,17-19,23-26H,6-7,12-16H2,1-5H3,(H2,36,45)(H2,37,47)(H,38,39)(H,40,46)(H,41,49)(H,42,48). The smallest absolute Gasteiger partial charge is 0.246 e. The van der Waals surface area contributed by atoms with Crippen molar-refractivity contribution in [1.82, 2.24) is 35.7 Å². The Kier molecular flexibility index (Phi) is 14.5. The summed E-state index contributed by atoms with van der Waals surface area (Å²) in [7, 11) is 1.36. The number of alkyl halides is 1. The SMILES string of the molecule is CC(C(=O)NC(CC(N)=O)C(=O)N1CCCC1C(=O)NC(Cc1cnc[nH]1)C(N)=O)N(C)C(=O)C(Cc1ccc(OC(C)(C)C)cc1)NC(=O)CCl. The summed E-state index contributed by atoms with van der Waals surface area (Å²) in [5, 5.41) is 7.69. The molecule has 2 aromatic rings. The van der Waals surface area contributed by atoms with E-state index in [1.807, 2.05) is 20.8 Å². The van der Waals surface area contributed by atoms with Gasteiger partial charge in [0.2, 0.25) is 41.4 Å². The van der Waals surface area contributed by atoms with Gasteiger partial charge in [-0.3, -0.25) is 33.6 Å². The number of aromatic amines is 1. The van der Waals surface area contributed by atoms with Crippen LogP contribution in [0.4, 0.5) is 0 Å². The van der Waals surface area contributed by atoms with Gasteiger partial charge in [-0.05, 0) is 58.2 Å². The van der Waals surface area contributed by atoms with Gasteiger partial charge in [0.05, 0.1) is 12.7 Å². The number of hydrogen-bond acceptors (Lipinski definition) is 9. The molecule has 1 aliphatic rings. The second-order valence-electron chi connectivity index (χ2n) is 13.6. The van der Waals surface area contributed by atoms with E-state index in [0.29, 0.717) is 23.4 Å². The van der Waals surface area contributed by atoms with E-state index < -0.39 is 89.5 Å². The number of benzene rings is 1. The largest absolute Gasteiger partial charge is 0.488 e. The molecule has 3 rings (SSSR count). The summed E-state index contributed by atoms with van der Waals surface area (Å²) >= 11 is 5.72. The summed E-state index contributed by atoms with van der Waals surface area (Å²) in [6.07, 6.45) is 3.09. The number of carbonyl (C=O) groups excluding carboxylic acids is 7. The number of likely N-dealkylation sites (N-methyl/N-ethyl adjacent to an activating group) is 1. The molecule has 1 aromatic carbocycles. The van der Waals surface area contributed by atoms with Crippen LogP contribution in [-0.4, -0.2) is 116 Å². The molecule has 5 atom stereocenters. The zero-order valence-electron chi connectivity index (χ0n) is 29.9. The molecule has 0 saturated carbocycles. The average molecular weight is 746 g/mol. The van der Waals surface area contributed by atoms with Crippen molar-refractivity contribution < 1.29 is 38.3 Å². The molecule has 18 heteroatoms. The van der Waals surface area contributed by atoms with Crippen LogP contribution in [0.1, 0.15) is 58.2 Å². The Hall–Kier alpha value is -5.19. The van der Waals surface area contributed by atoms with Crippen LogP contribution in [-0.2, 0) is 46.4 Å². The zero-order chi connectivity index (χ0) is 38.7. The number of carbonyl (C=O) groups is 7. The van der Waals surface area contributed by atoms with E-state index in [2.05, 4.69) is 25.9 Å². The zero-order valence-corrected chi connectivity index (χ0v) is 30.7. The number of imidazole rings is 1. The van der Waals surface area contributed by atoms with Gasteiger partial charge in [0.25, 0.3) is 0 Å². The fourth-order valence-electron chi connectivity index (χ4n) is 5.63. The number of halogens is 1. The number of aromatic nitrogens is 2. The van der Waals surface area contributed by atoms with E-state index in [-0.39, 0.29) is 25.8 Å². The van der Waals surface area contributed by atoms with Crippen molar-refractivity contribution in [3.8, 4) is 5.75 Å². The van der Waals surface area contributed by atoms with E-state index in [4.69, 9.17) is 27.8 Å². The molecular formula is C34H48ClN9O8. The Balaban J connectivity index is 1.72. The van der Waals surface area contributed by atoms with Crippen LogP contribution >= 0.6 is 11.6 Å². The summed E-state index contributed by atoms with van der Waals surface area (Å²) in [5.74, 6) is -4.88. The Bertz CT molecular complexity index is 1600. The first-order valence-electron chi connectivity index (χ1n) is 16.8. The molecule has 1 fully saturated rings. The molecule has 7 amide bonds. The third-order valence-electron chi connectivity index (χ3n) is 8.35. The van der Waals surface area contributed by atoms with Gasteiger partial charge in [-0.1, -0.05) is 12.1 Å². The van der Waals surface area contributed by atoms with Gasteiger partial charge in [-0.25, -0.2) is 4.98 Å². The van der Waals surface area contributed by atoms with Crippen LogP contribution < -0.4 is 32.2 Å². The molecule has 0 radical (unpaired) electrons. The van der Waals surface area contributed by atoms with E-state index in [1.165, 1.54) is 31.4 Å². The molecule has 284 valence electrons. The molecule has 0 bridgehead atoms. The van der Waals surface area contributed by atoms with Gasteiger partial charge in [-0.15, -0.1) is 11.6 Å². The second-order valence-corrected chi connectivity index (χ2v) is 13.9. The number of likely N-dealkylation sites (tertiary alicyclic amines) is 1. The fraction of sp³-hybridized carbons (Fsp3) is 0.529. The minimum absolute atomic E-state index is 0.0430. The fourth-order valence-corrected chi connectivity index (χ4v) is 5.71. The topological polar surface area (TPSA) is 252 Å². The van der Waals surface area contributed by atoms with Gasteiger partial charge in [0, 0.05) is 38.3 Å². The van der Waals surface area contributed by atoms with Gasteiger partial charge >= 0.3 is 0 Å². The molecule has 1 aliphatic heterocycles. The molecule has 1 saturated heterocycles. The van der Waals surface area contributed by atoms with Crippen molar-refractivity contribution in [1.29, 1.82) is 0 Å². The highest BCUT2D eigenvalue weighted by Crippen LogP contribution is 2.21. The van der Waals surface area contributed by atoms with Crippen LogP contribution in [0.3, 0.4) is 0 Å². The number of nitrogens with zero attached hydrogens (tertiary/aromatic N) is 3. The summed E-state index contributed by atoms with van der Waals surface area (Å²) in [4.78, 5) is 99.7. The highest BCUT2D eigenvalue weighted by Gasteiger charge is 2.40. The molecule has 2 heterocycles. The van der Waals surface area contributed by atoms with Crippen molar-refractivity contribution >= 4 is 53.0 Å². The van der Waals surface area contributed by atoms with E-state index in [1.54, 1.807) is 24.3 Å². The third kappa shape index (κ3) is 12.0. The lowest BCUT2D eigenvalue weighted by Gasteiger charge is -2.32. The summed E-state index contributed by atoms with van der Waals surface area (Å²) in [6.45, 7) is 7.27. The van der Waals surface area contributed by atoms with Gasteiger partial charge < -0.3 is 46.9 Å². The van der Waals surface area contributed by atoms with Gasteiger partial charge in [0.15, 0.2) is 0 Å². The van der Waals surface area contributed by atoms with Crippen LogP contribution in [0.2, 0.25) is 0 Å². The highest BCUT2D eigenvalue weighted by molar-refractivity contribution is 6.27. The first-order valence-corrected chi connectivity index (χ1v) is 17.3. The number of rotatable bonds is 17. The monoisotopic (exact) mass is 745 g/mol. The molecule has 17 nitrogen and oxygen atoms in total. The Labute approximate surface area is 306 Å². The van der Waals surface area contributed by atoms with Crippen molar-refractivity contribution in [3.05, 3.63) is 48.0 Å². The maximum absolute atomic E-state index is 13.8. The number of nitrogens with two attached hydrogens (primary N) is 2. The number of hydrogen-bond donors (Lipinski definition) is 6. The van der Waals surface area contributed by atoms with Crippen LogP contribution in [0, 0.1) is 0 Å². The Morgan fingerprint density at radius 1 is 1.02 bits per heavy atom. The molecule has 0 spiro atoms. The van der Waals surface area contributed by atoms with Crippen LogP contribution in [0.15, 0.2) is 36.8 Å². The van der Waals surface area contributed by atoms with Gasteiger partial charge in [-0.2, -0.15) is 0 Å². The molecule has 5 unspecified atom stereocenters. The Morgan fingerprint density at radius 2 is 1.69 bits per heavy atom. The quantitative estimate of drug-likeness (QED) is 0.111. The van der Waals surface area contributed by atoms with E-state index >= 15 is 0 Å². The van der Waals surface area contributed by atoms with E-state index in [0.717, 1.165) is 4.90 Å². The second kappa shape index (κ2) is 18.3. The number of H-pyrrole nitrogens is 1. The van der Waals surface area contributed by atoms with Gasteiger partial charge in [0.1, 0.15) is 47.4 Å². The lowest BCUT2D eigenvalue weighted by molar-refractivity contribution is -0.145.